The molecule has 1 aromatic heterocycles. The molecule has 0 N–H and O–H groups in total. The van der Waals surface area contributed by atoms with Gasteiger partial charge in [-0.1, -0.05) is 54.6 Å². The van der Waals surface area contributed by atoms with Crippen molar-refractivity contribution in [2.75, 3.05) is 16.7 Å². The molecule has 132 valence electrons. The summed E-state index contributed by atoms with van der Waals surface area (Å²) in [5.41, 5.74) is 4.68. The number of fused-ring (bicyclic) bond motifs is 2. The van der Waals surface area contributed by atoms with E-state index in [1.54, 1.807) is 0 Å². The first-order valence-electron chi connectivity index (χ1n) is 8.71. The quantitative estimate of drug-likeness (QED) is 0.342. The topological polar surface area (TPSA) is 19.4 Å². The third-order valence-corrected chi connectivity index (χ3v) is 4.91. The Kier molecular flexibility index (Phi) is 4.73. The van der Waals surface area contributed by atoms with Gasteiger partial charge >= 0.3 is 7.55 Å². The van der Waals surface area contributed by atoms with E-state index in [2.05, 4.69) is 103 Å². The number of nitrogens with zero attached hydrogens (tertiary/aromatic N) is 3. The van der Waals surface area contributed by atoms with E-state index in [0.29, 0.717) is 0 Å². The van der Waals surface area contributed by atoms with Gasteiger partial charge in [-0.2, -0.15) is 0 Å². The molecule has 2 radical (unpaired) electrons. The van der Waals surface area contributed by atoms with E-state index >= 15 is 0 Å². The molecule has 3 aromatic carbocycles. The van der Waals surface area contributed by atoms with Gasteiger partial charge in [-0.3, -0.25) is 0 Å². The summed E-state index contributed by atoms with van der Waals surface area (Å²) in [6, 6.07) is 27.5. The van der Waals surface area contributed by atoms with Crippen molar-refractivity contribution in [3.8, 4) is 11.1 Å². The van der Waals surface area contributed by atoms with E-state index in [0.717, 1.165) is 17.1 Å². The van der Waals surface area contributed by atoms with Crippen LogP contribution in [0.4, 0.5) is 17.2 Å². The first-order chi connectivity index (χ1) is 12.8. The molecular weight excluding hydrogens is 509 g/mol. The summed E-state index contributed by atoms with van der Waals surface area (Å²) in [5.74, 6) is 0.922. The second kappa shape index (κ2) is 7.18. The molecule has 4 aromatic rings. The molecule has 0 aliphatic carbocycles. The van der Waals surface area contributed by atoms with Gasteiger partial charge in [0.05, 0.1) is 5.69 Å². The Morgan fingerprint density at radius 2 is 1.52 bits per heavy atom. The number of anilines is 3. The Hall–Kier alpha value is -2.62. The van der Waals surface area contributed by atoms with Crippen molar-refractivity contribution in [1.82, 2.24) is 4.98 Å². The number of para-hydroxylation sites is 2. The molecule has 0 atom stereocenters. The SMILES string of the molecule is CN1[B]N(c2ccc(-c3cccc4ccccc34)cn2)c2ccccc21.[Ir]. The van der Waals surface area contributed by atoms with Crippen LogP contribution in [0.1, 0.15) is 0 Å². The van der Waals surface area contributed by atoms with Crippen LogP contribution in [0.3, 0.4) is 0 Å². The van der Waals surface area contributed by atoms with E-state index in [1.165, 1.54) is 22.0 Å². The molecule has 0 unspecified atom stereocenters. The van der Waals surface area contributed by atoms with Gasteiger partial charge in [0, 0.05) is 37.6 Å². The van der Waals surface area contributed by atoms with Gasteiger partial charge in [0.15, 0.2) is 0 Å². The summed E-state index contributed by atoms with van der Waals surface area (Å²) < 4.78 is 0. The van der Waals surface area contributed by atoms with Crippen LogP contribution in [0.5, 0.6) is 0 Å². The summed E-state index contributed by atoms with van der Waals surface area (Å²) >= 11 is 0. The van der Waals surface area contributed by atoms with Crippen LogP contribution >= 0.6 is 0 Å². The molecule has 27 heavy (non-hydrogen) atoms. The Morgan fingerprint density at radius 3 is 2.33 bits per heavy atom. The standard InChI is InChI=1S/C22H17BN3.Ir/c1-25-20-11-4-5-12-21(20)26(23-25)22-14-13-17(15-24-22)19-10-6-8-16-7-2-3-9-18(16)19;/h2-15H,1H3;. The summed E-state index contributed by atoms with van der Waals surface area (Å²) in [4.78, 5) is 8.99. The molecule has 0 saturated carbocycles. The largest absolute Gasteiger partial charge is 0.400 e. The van der Waals surface area contributed by atoms with Crippen molar-refractivity contribution in [3.63, 3.8) is 0 Å². The molecule has 5 heteroatoms. The third-order valence-electron chi connectivity index (χ3n) is 4.91. The van der Waals surface area contributed by atoms with E-state index < -0.39 is 0 Å². The zero-order valence-electron chi connectivity index (χ0n) is 14.8. The molecular formula is C22H17BIrN3. The number of rotatable bonds is 2. The van der Waals surface area contributed by atoms with Gasteiger partial charge in [0.25, 0.3) is 0 Å². The van der Waals surface area contributed by atoms with Gasteiger partial charge in [0.2, 0.25) is 0 Å². The predicted octanol–water partition coefficient (Wildman–Crippen LogP) is 5.02. The van der Waals surface area contributed by atoms with E-state index in [1.807, 2.05) is 6.20 Å². The summed E-state index contributed by atoms with van der Waals surface area (Å²) in [5, 5.41) is 2.50. The zero-order chi connectivity index (χ0) is 17.5. The van der Waals surface area contributed by atoms with Crippen molar-refractivity contribution >= 4 is 35.5 Å². The Bertz CT molecular complexity index is 1090. The molecule has 0 bridgehead atoms. The van der Waals surface area contributed by atoms with Crippen molar-refractivity contribution in [2.24, 2.45) is 0 Å². The molecule has 0 fully saturated rings. The summed E-state index contributed by atoms with van der Waals surface area (Å²) in [6.45, 7) is 0. The van der Waals surface area contributed by atoms with Gasteiger partial charge < -0.3 is 9.62 Å². The number of pyridine rings is 1. The van der Waals surface area contributed by atoms with Gasteiger partial charge in [-0.05, 0) is 47.6 Å². The molecule has 0 saturated heterocycles. The van der Waals surface area contributed by atoms with Crippen LogP contribution in [-0.2, 0) is 20.1 Å². The van der Waals surface area contributed by atoms with Crippen molar-refractivity contribution < 1.29 is 20.1 Å². The molecule has 5 rings (SSSR count). The normalized spacial score (nSPS) is 12.5. The summed E-state index contributed by atoms with van der Waals surface area (Å²) in [7, 11) is 4.13. The van der Waals surface area contributed by atoms with Crippen molar-refractivity contribution in [2.45, 2.75) is 0 Å². The van der Waals surface area contributed by atoms with Crippen molar-refractivity contribution in [3.05, 3.63) is 85.1 Å². The maximum absolute atomic E-state index is 4.75. The fraction of sp³-hybridized carbons (Fsp3) is 0.0455. The fourth-order valence-electron chi connectivity index (χ4n) is 3.61. The number of benzene rings is 3. The number of hydrogen-bond donors (Lipinski definition) is 0. The second-order valence-electron chi connectivity index (χ2n) is 6.52. The third kappa shape index (κ3) is 3.03. The molecule has 1 aliphatic rings. The van der Waals surface area contributed by atoms with E-state index in [9.17, 15) is 0 Å². The Balaban J connectivity index is 0.00000180. The van der Waals surface area contributed by atoms with Crippen LogP contribution in [0.15, 0.2) is 85.1 Å². The number of aromatic nitrogens is 1. The number of hydrogen-bond acceptors (Lipinski definition) is 3. The molecule has 0 amide bonds. The molecule has 1 aliphatic heterocycles. The van der Waals surface area contributed by atoms with Crippen molar-refractivity contribution in [1.29, 1.82) is 0 Å². The van der Waals surface area contributed by atoms with E-state index in [-0.39, 0.29) is 20.1 Å². The van der Waals surface area contributed by atoms with Gasteiger partial charge in [-0.25, -0.2) is 4.98 Å². The molecule has 0 spiro atoms. The van der Waals surface area contributed by atoms with Gasteiger partial charge in [-0.15, -0.1) is 0 Å². The first kappa shape index (κ1) is 17.8. The Labute approximate surface area is 173 Å². The minimum absolute atomic E-state index is 0. The monoisotopic (exact) mass is 527 g/mol. The zero-order valence-corrected chi connectivity index (χ0v) is 17.2. The van der Waals surface area contributed by atoms with Gasteiger partial charge in [0.1, 0.15) is 5.82 Å². The van der Waals surface area contributed by atoms with Crippen LogP contribution < -0.4 is 9.62 Å². The Morgan fingerprint density at radius 1 is 0.778 bits per heavy atom. The second-order valence-corrected chi connectivity index (χ2v) is 6.52. The van der Waals surface area contributed by atoms with Crippen LogP contribution in [0.2, 0.25) is 0 Å². The predicted molar refractivity (Wildman–Crippen MR) is 110 cm³/mol. The first-order valence-corrected chi connectivity index (χ1v) is 8.71. The molecule has 3 nitrogen and oxygen atoms in total. The van der Waals surface area contributed by atoms with Crippen LogP contribution in [0, 0.1) is 0 Å². The minimum Gasteiger partial charge on any atom is -0.400 e. The minimum atomic E-state index is 0. The van der Waals surface area contributed by atoms with Crippen LogP contribution in [0.25, 0.3) is 21.9 Å². The molecule has 2 heterocycles. The van der Waals surface area contributed by atoms with Crippen LogP contribution in [-0.4, -0.2) is 19.6 Å². The average Bonchev–Trinajstić information content (AvgIpc) is 3.05. The smallest absolute Gasteiger partial charge is 0.397 e. The average molecular weight is 526 g/mol. The maximum Gasteiger partial charge on any atom is 0.397 e. The maximum atomic E-state index is 4.75. The summed E-state index contributed by atoms with van der Waals surface area (Å²) in [6.07, 6.45) is 1.96. The van der Waals surface area contributed by atoms with E-state index in [4.69, 9.17) is 4.98 Å². The fourth-order valence-corrected chi connectivity index (χ4v) is 3.61.